The summed E-state index contributed by atoms with van der Waals surface area (Å²) in [6.07, 6.45) is 7.24. The number of aryl methyl sites for hydroxylation is 1. The lowest BCUT2D eigenvalue weighted by Crippen LogP contribution is -2.41. The van der Waals surface area contributed by atoms with Crippen LogP contribution in [0.4, 0.5) is 0 Å². The topological polar surface area (TPSA) is 78.0 Å². The number of nitrogens with one attached hydrogen (secondary N) is 1. The van der Waals surface area contributed by atoms with Gasteiger partial charge in [0.05, 0.1) is 6.10 Å². The first kappa shape index (κ1) is 13.5. The largest absolute Gasteiger partial charge is 0.378 e. The van der Waals surface area contributed by atoms with Crippen molar-refractivity contribution >= 4 is 0 Å². The van der Waals surface area contributed by atoms with Crippen LogP contribution in [0, 0.1) is 0 Å². The Morgan fingerprint density at radius 2 is 2.50 bits per heavy atom. The third-order valence-electron chi connectivity index (χ3n) is 3.48. The molecule has 0 aliphatic carbocycles. The van der Waals surface area contributed by atoms with Gasteiger partial charge in [0.2, 0.25) is 0 Å². The maximum Gasteiger partial charge on any atom is 0.138 e. The highest BCUT2D eigenvalue weighted by Gasteiger charge is 2.20. The molecule has 0 radical (unpaired) electrons. The van der Waals surface area contributed by atoms with Gasteiger partial charge in [0, 0.05) is 25.6 Å². The third-order valence-corrected chi connectivity index (χ3v) is 3.48. The number of ether oxygens (including phenoxy) is 1. The molecule has 1 aliphatic heterocycles. The second-order valence-electron chi connectivity index (χ2n) is 4.78. The molecule has 6 heteroatoms. The molecule has 0 aromatic carbocycles. The molecular weight excluding hydrogens is 230 g/mol. The van der Waals surface area contributed by atoms with E-state index in [-0.39, 0.29) is 6.04 Å². The Balaban J connectivity index is 1.88. The van der Waals surface area contributed by atoms with Gasteiger partial charge < -0.3 is 4.74 Å². The zero-order valence-corrected chi connectivity index (χ0v) is 11.0. The van der Waals surface area contributed by atoms with Gasteiger partial charge in [-0.25, -0.2) is 4.98 Å². The van der Waals surface area contributed by atoms with E-state index in [1.54, 1.807) is 6.33 Å². The fraction of sp³-hybridized carbons (Fsp3) is 0.833. The molecule has 0 bridgehead atoms. The predicted octanol–water partition coefficient (Wildman–Crippen LogP) is 0.632. The lowest BCUT2D eigenvalue weighted by molar-refractivity contribution is 0.00507. The van der Waals surface area contributed by atoms with E-state index in [1.807, 2.05) is 4.68 Å². The second-order valence-corrected chi connectivity index (χ2v) is 4.78. The van der Waals surface area contributed by atoms with Crippen LogP contribution in [0.3, 0.4) is 0 Å². The number of aromatic nitrogens is 3. The Bertz CT molecular complexity index is 348. The molecule has 1 aromatic rings. The van der Waals surface area contributed by atoms with E-state index in [1.165, 1.54) is 12.8 Å². The number of hydrogen-bond acceptors (Lipinski definition) is 5. The van der Waals surface area contributed by atoms with E-state index in [2.05, 4.69) is 22.4 Å². The number of rotatable bonds is 6. The molecule has 0 saturated carbocycles. The minimum atomic E-state index is 0.197. The fourth-order valence-electron chi connectivity index (χ4n) is 2.45. The zero-order valence-electron chi connectivity index (χ0n) is 11.0. The van der Waals surface area contributed by atoms with Crippen molar-refractivity contribution in [1.29, 1.82) is 0 Å². The standard InChI is InChI=1S/C12H23N5O/c1-2-17-12(14-9-15-17)8-10(16-13)7-11-5-3-4-6-18-11/h9-11,16H,2-8,13H2,1H3. The van der Waals surface area contributed by atoms with E-state index < -0.39 is 0 Å². The van der Waals surface area contributed by atoms with Crippen LogP contribution in [0.2, 0.25) is 0 Å². The van der Waals surface area contributed by atoms with Gasteiger partial charge in [-0.05, 0) is 32.6 Å². The Hall–Kier alpha value is -0.980. The first-order valence-electron chi connectivity index (χ1n) is 6.78. The van der Waals surface area contributed by atoms with Crippen LogP contribution in [0.5, 0.6) is 0 Å². The zero-order chi connectivity index (χ0) is 12.8. The first-order chi connectivity index (χ1) is 8.83. The van der Waals surface area contributed by atoms with Crippen LogP contribution in [0.15, 0.2) is 6.33 Å². The second kappa shape index (κ2) is 6.82. The minimum absolute atomic E-state index is 0.197. The Morgan fingerprint density at radius 1 is 1.61 bits per heavy atom. The van der Waals surface area contributed by atoms with Gasteiger partial charge in [0.15, 0.2) is 0 Å². The van der Waals surface area contributed by atoms with Crippen LogP contribution in [0.1, 0.15) is 38.4 Å². The highest BCUT2D eigenvalue weighted by molar-refractivity contribution is 4.90. The molecule has 1 aromatic heterocycles. The molecule has 3 N–H and O–H groups in total. The smallest absolute Gasteiger partial charge is 0.138 e. The van der Waals surface area contributed by atoms with Gasteiger partial charge in [-0.1, -0.05) is 0 Å². The summed E-state index contributed by atoms with van der Waals surface area (Å²) in [4.78, 5) is 4.28. The molecule has 2 heterocycles. The van der Waals surface area contributed by atoms with Gasteiger partial charge >= 0.3 is 0 Å². The summed E-state index contributed by atoms with van der Waals surface area (Å²) < 4.78 is 7.66. The summed E-state index contributed by atoms with van der Waals surface area (Å²) in [6.45, 7) is 3.78. The Kier molecular flexibility index (Phi) is 5.10. The van der Waals surface area contributed by atoms with Crippen molar-refractivity contribution in [2.75, 3.05) is 6.61 Å². The first-order valence-corrected chi connectivity index (χ1v) is 6.78. The SMILES string of the molecule is CCn1ncnc1CC(CC1CCCCO1)NN. The Morgan fingerprint density at radius 3 is 3.17 bits per heavy atom. The minimum Gasteiger partial charge on any atom is -0.378 e. The van der Waals surface area contributed by atoms with Gasteiger partial charge in [-0.3, -0.25) is 16.0 Å². The molecule has 102 valence electrons. The summed E-state index contributed by atoms with van der Waals surface area (Å²) in [5, 5.41) is 4.17. The molecule has 2 rings (SSSR count). The number of hydrogen-bond donors (Lipinski definition) is 2. The predicted molar refractivity (Wildman–Crippen MR) is 68.7 cm³/mol. The molecule has 1 saturated heterocycles. The fourth-order valence-corrected chi connectivity index (χ4v) is 2.45. The van der Waals surface area contributed by atoms with Crippen LogP contribution >= 0.6 is 0 Å². The molecule has 1 fully saturated rings. The molecule has 2 unspecified atom stereocenters. The van der Waals surface area contributed by atoms with Crippen molar-refractivity contribution in [2.45, 2.75) is 57.7 Å². The number of hydrazine groups is 1. The summed E-state index contributed by atoms with van der Waals surface area (Å²) in [5.41, 5.74) is 2.88. The summed E-state index contributed by atoms with van der Waals surface area (Å²) in [6, 6.07) is 0.197. The number of nitrogens with zero attached hydrogens (tertiary/aromatic N) is 3. The monoisotopic (exact) mass is 253 g/mol. The third kappa shape index (κ3) is 3.51. The molecule has 6 nitrogen and oxygen atoms in total. The number of nitrogens with two attached hydrogens (primary N) is 1. The summed E-state index contributed by atoms with van der Waals surface area (Å²) in [7, 11) is 0. The Labute approximate surface area is 108 Å². The van der Waals surface area contributed by atoms with Gasteiger partial charge in [0.1, 0.15) is 12.2 Å². The van der Waals surface area contributed by atoms with Gasteiger partial charge in [-0.2, -0.15) is 5.10 Å². The normalized spacial score (nSPS) is 22.0. The van der Waals surface area contributed by atoms with E-state index in [0.29, 0.717) is 6.10 Å². The molecule has 18 heavy (non-hydrogen) atoms. The van der Waals surface area contributed by atoms with Crippen molar-refractivity contribution in [1.82, 2.24) is 20.2 Å². The van der Waals surface area contributed by atoms with Gasteiger partial charge in [-0.15, -0.1) is 0 Å². The molecular formula is C12H23N5O. The highest BCUT2D eigenvalue weighted by Crippen LogP contribution is 2.18. The lowest BCUT2D eigenvalue weighted by atomic mass is 10.00. The van der Waals surface area contributed by atoms with Crippen molar-refractivity contribution < 1.29 is 4.74 Å². The van der Waals surface area contributed by atoms with E-state index in [0.717, 1.165) is 38.2 Å². The maximum atomic E-state index is 5.75. The van der Waals surface area contributed by atoms with E-state index >= 15 is 0 Å². The van der Waals surface area contributed by atoms with Crippen LogP contribution in [-0.4, -0.2) is 33.5 Å². The highest BCUT2D eigenvalue weighted by atomic mass is 16.5. The van der Waals surface area contributed by atoms with Crippen molar-refractivity contribution in [3.8, 4) is 0 Å². The van der Waals surface area contributed by atoms with E-state index in [4.69, 9.17) is 10.6 Å². The summed E-state index contributed by atoms with van der Waals surface area (Å²) in [5.74, 6) is 6.62. The van der Waals surface area contributed by atoms with Gasteiger partial charge in [0.25, 0.3) is 0 Å². The van der Waals surface area contributed by atoms with Crippen LogP contribution in [-0.2, 0) is 17.7 Å². The van der Waals surface area contributed by atoms with Crippen LogP contribution < -0.4 is 11.3 Å². The average molecular weight is 253 g/mol. The van der Waals surface area contributed by atoms with Crippen molar-refractivity contribution in [3.05, 3.63) is 12.2 Å². The maximum absolute atomic E-state index is 5.75. The summed E-state index contributed by atoms with van der Waals surface area (Å²) >= 11 is 0. The average Bonchev–Trinajstić information content (AvgIpc) is 2.86. The van der Waals surface area contributed by atoms with E-state index in [9.17, 15) is 0 Å². The molecule has 2 atom stereocenters. The molecule has 0 spiro atoms. The van der Waals surface area contributed by atoms with Crippen molar-refractivity contribution in [3.63, 3.8) is 0 Å². The lowest BCUT2D eigenvalue weighted by Gasteiger charge is -2.26. The van der Waals surface area contributed by atoms with Crippen molar-refractivity contribution in [2.24, 2.45) is 5.84 Å². The van der Waals surface area contributed by atoms with Crippen LogP contribution in [0.25, 0.3) is 0 Å². The molecule has 1 aliphatic rings. The molecule has 0 amide bonds. The quantitative estimate of drug-likeness (QED) is 0.574.